The quantitative estimate of drug-likeness (QED) is 0.732. The van der Waals surface area contributed by atoms with Crippen LogP contribution in [0.5, 0.6) is 0 Å². The molecule has 0 saturated carbocycles. The molecular formula is C12H10BrClIN. The van der Waals surface area contributed by atoms with Gasteiger partial charge in [-0.15, -0.1) is 0 Å². The van der Waals surface area contributed by atoms with Crippen molar-refractivity contribution in [1.82, 2.24) is 0 Å². The van der Waals surface area contributed by atoms with Gasteiger partial charge < -0.3 is 5.73 Å². The molecule has 0 amide bonds. The molecule has 4 heteroatoms. The first-order valence-electron chi connectivity index (χ1n) is 4.89. The second-order valence-corrected chi connectivity index (χ2v) is 6.03. The maximum absolute atomic E-state index is 6.29. The van der Waals surface area contributed by atoms with Gasteiger partial charge in [0.05, 0.1) is 5.02 Å². The van der Waals surface area contributed by atoms with Crippen molar-refractivity contribution in [2.75, 3.05) is 6.54 Å². The Kier molecular flexibility index (Phi) is 4.11. The number of hydrogen-bond acceptors (Lipinski definition) is 1. The van der Waals surface area contributed by atoms with E-state index in [1.807, 2.05) is 0 Å². The Morgan fingerprint density at radius 2 is 2.06 bits per heavy atom. The van der Waals surface area contributed by atoms with Gasteiger partial charge in [-0.05, 0) is 86.0 Å². The molecule has 2 N–H and O–H groups in total. The Morgan fingerprint density at radius 1 is 1.31 bits per heavy atom. The van der Waals surface area contributed by atoms with E-state index in [9.17, 15) is 0 Å². The van der Waals surface area contributed by atoms with Crippen molar-refractivity contribution in [2.45, 2.75) is 6.42 Å². The molecule has 0 aromatic heterocycles. The van der Waals surface area contributed by atoms with E-state index in [1.165, 1.54) is 14.3 Å². The van der Waals surface area contributed by atoms with Gasteiger partial charge in [-0.25, -0.2) is 0 Å². The van der Waals surface area contributed by atoms with Gasteiger partial charge in [-0.1, -0.05) is 17.7 Å². The third-order valence-electron chi connectivity index (χ3n) is 2.49. The van der Waals surface area contributed by atoms with E-state index < -0.39 is 0 Å². The lowest BCUT2D eigenvalue weighted by molar-refractivity contribution is 0.976. The lowest BCUT2D eigenvalue weighted by Crippen LogP contribution is -2.04. The van der Waals surface area contributed by atoms with Crippen molar-refractivity contribution in [3.05, 3.63) is 42.9 Å². The number of benzene rings is 2. The first kappa shape index (κ1) is 12.6. The zero-order chi connectivity index (χ0) is 11.7. The van der Waals surface area contributed by atoms with Crippen LogP contribution >= 0.6 is 50.1 Å². The predicted molar refractivity (Wildman–Crippen MR) is 82.1 cm³/mol. The van der Waals surface area contributed by atoms with E-state index in [0.717, 1.165) is 21.5 Å². The fourth-order valence-electron chi connectivity index (χ4n) is 1.78. The molecule has 2 rings (SSSR count). The minimum Gasteiger partial charge on any atom is -0.330 e. The monoisotopic (exact) mass is 409 g/mol. The molecule has 0 atom stereocenters. The Balaban J connectivity index is 2.77. The molecule has 2 aromatic carbocycles. The normalized spacial score (nSPS) is 11.0. The molecule has 0 aliphatic heterocycles. The Labute approximate surface area is 122 Å². The van der Waals surface area contributed by atoms with Gasteiger partial charge in [0.25, 0.3) is 0 Å². The van der Waals surface area contributed by atoms with Crippen molar-refractivity contribution >= 4 is 60.9 Å². The first-order chi connectivity index (χ1) is 7.63. The second-order valence-electron chi connectivity index (χ2n) is 3.56. The molecular weight excluding hydrogens is 400 g/mol. The van der Waals surface area contributed by atoms with Crippen molar-refractivity contribution in [3.8, 4) is 0 Å². The van der Waals surface area contributed by atoms with Crippen molar-refractivity contribution in [3.63, 3.8) is 0 Å². The van der Waals surface area contributed by atoms with Gasteiger partial charge in [-0.2, -0.15) is 0 Å². The average Bonchev–Trinajstić information content (AvgIpc) is 2.24. The molecule has 84 valence electrons. The van der Waals surface area contributed by atoms with Crippen LogP contribution in [-0.2, 0) is 6.42 Å². The third-order valence-corrected chi connectivity index (χ3v) is 4.45. The number of nitrogens with two attached hydrogens (primary N) is 1. The summed E-state index contributed by atoms with van der Waals surface area (Å²) in [6.45, 7) is 0.608. The van der Waals surface area contributed by atoms with E-state index in [0.29, 0.717) is 6.54 Å². The zero-order valence-electron chi connectivity index (χ0n) is 8.43. The van der Waals surface area contributed by atoms with Gasteiger partial charge in [0, 0.05) is 8.04 Å². The molecule has 16 heavy (non-hydrogen) atoms. The van der Waals surface area contributed by atoms with Crippen LogP contribution in [0.3, 0.4) is 0 Å². The summed E-state index contributed by atoms with van der Waals surface area (Å²) in [5.41, 5.74) is 6.75. The fraction of sp³-hybridized carbons (Fsp3) is 0.167. The predicted octanol–water partition coefficient (Wildman–Crippen LogP) is 4.36. The Morgan fingerprint density at radius 3 is 2.75 bits per heavy atom. The zero-order valence-corrected chi connectivity index (χ0v) is 12.9. The summed E-state index contributed by atoms with van der Waals surface area (Å²) >= 11 is 12.1. The molecule has 0 aliphatic rings. The van der Waals surface area contributed by atoms with E-state index in [4.69, 9.17) is 17.3 Å². The number of rotatable bonds is 2. The second kappa shape index (κ2) is 5.21. The summed E-state index contributed by atoms with van der Waals surface area (Å²) in [5.74, 6) is 0. The van der Waals surface area contributed by atoms with Crippen LogP contribution in [0.15, 0.2) is 28.7 Å². The highest BCUT2D eigenvalue weighted by atomic mass is 127. The largest absolute Gasteiger partial charge is 0.330 e. The fourth-order valence-corrected chi connectivity index (χ4v) is 3.03. The lowest BCUT2D eigenvalue weighted by Gasteiger charge is -2.10. The summed E-state index contributed by atoms with van der Waals surface area (Å²) in [7, 11) is 0. The summed E-state index contributed by atoms with van der Waals surface area (Å²) in [6.07, 6.45) is 0.801. The number of halogens is 3. The maximum atomic E-state index is 6.29. The molecule has 0 fully saturated rings. The van der Waals surface area contributed by atoms with Crippen LogP contribution in [0.2, 0.25) is 5.02 Å². The van der Waals surface area contributed by atoms with E-state index in [-0.39, 0.29) is 0 Å². The van der Waals surface area contributed by atoms with E-state index in [2.05, 4.69) is 62.8 Å². The van der Waals surface area contributed by atoms with Crippen LogP contribution in [0, 0.1) is 3.57 Å². The van der Waals surface area contributed by atoms with E-state index >= 15 is 0 Å². The highest BCUT2D eigenvalue weighted by Gasteiger charge is 2.09. The lowest BCUT2D eigenvalue weighted by atomic mass is 10.0. The molecule has 1 nitrogen and oxygen atoms in total. The minimum absolute atomic E-state index is 0.608. The summed E-state index contributed by atoms with van der Waals surface area (Å²) in [4.78, 5) is 0. The third kappa shape index (κ3) is 2.37. The van der Waals surface area contributed by atoms with Crippen LogP contribution < -0.4 is 5.73 Å². The SMILES string of the molecule is NCCc1c(Cl)c(Br)cc2cc(I)ccc12. The van der Waals surface area contributed by atoms with Crippen molar-refractivity contribution in [1.29, 1.82) is 0 Å². The average molecular weight is 410 g/mol. The molecule has 0 bridgehead atoms. The van der Waals surface area contributed by atoms with Crippen LogP contribution in [0.4, 0.5) is 0 Å². The Hall–Kier alpha value is 0.160. The molecule has 0 saturated heterocycles. The molecule has 0 radical (unpaired) electrons. The summed E-state index contributed by atoms with van der Waals surface area (Å²) in [6, 6.07) is 8.41. The van der Waals surface area contributed by atoms with Gasteiger partial charge in [0.1, 0.15) is 0 Å². The molecule has 0 unspecified atom stereocenters. The van der Waals surface area contributed by atoms with Crippen LogP contribution in [0.25, 0.3) is 10.8 Å². The smallest absolute Gasteiger partial charge is 0.0586 e. The molecule has 0 heterocycles. The van der Waals surface area contributed by atoms with E-state index in [1.54, 1.807) is 0 Å². The van der Waals surface area contributed by atoms with Crippen LogP contribution in [-0.4, -0.2) is 6.54 Å². The molecule has 0 spiro atoms. The van der Waals surface area contributed by atoms with Gasteiger partial charge >= 0.3 is 0 Å². The maximum Gasteiger partial charge on any atom is 0.0586 e. The summed E-state index contributed by atoms with van der Waals surface area (Å²) in [5, 5.41) is 3.17. The number of hydrogen-bond donors (Lipinski definition) is 1. The minimum atomic E-state index is 0.608. The van der Waals surface area contributed by atoms with Crippen molar-refractivity contribution in [2.24, 2.45) is 5.73 Å². The number of fused-ring (bicyclic) bond motifs is 1. The first-order valence-corrected chi connectivity index (χ1v) is 7.14. The highest BCUT2D eigenvalue weighted by molar-refractivity contribution is 14.1. The topological polar surface area (TPSA) is 26.0 Å². The van der Waals surface area contributed by atoms with Gasteiger partial charge in [-0.3, -0.25) is 0 Å². The van der Waals surface area contributed by atoms with Gasteiger partial charge in [0.2, 0.25) is 0 Å². The Bertz CT molecular complexity index is 542. The molecule has 2 aromatic rings. The van der Waals surface area contributed by atoms with Crippen molar-refractivity contribution < 1.29 is 0 Å². The van der Waals surface area contributed by atoms with Crippen LogP contribution in [0.1, 0.15) is 5.56 Å². The highest BCUT2D eigenvalue weighted by Crippen LogP contribution is 2.34. The van der Waals surface area contributed by atoms with Gasteiger partial charge in [0.15, 0.2) is 0 Å². The molecule has 0 aliphatic carbocycles. The summed E-state index contributed by atoms with van der Waals surface area (Å²) < 4.78 is 2.16. The standard InChI is InChI=1S/C12H10BrClIN/c13-11-6-7-5-8(15)1-2-9(7)10(3-4-16)12(11)14/h1-2,5-6H,3-4,16H2.